The summed E-state index contributed by atoms with van der Waals surface area (Å²) in [5.74, 6) is 0.692. The van der Waals surface area contributed by atoms with Gasteiger partial charge in [-0.3, -0.25) is 9.59 Å². The first-order chi connectivity index (χ1) is 9.61. The van der Waals surface area contributed by atoms with E-state index in [9.17, 15) is 9.59 Å². The number of hydrogen-bond donors (Lipinski definition) is 0. The Morgan fingerprint density at radius 2 is 1.70 bits per heavy atom. The van der Waals surface area contributed by atoms with E-state index in [2.05, 4.69) is 12.1 Å². The van der Waals surface area contributed by atoms with Crippen LogP contribution in [0.25, 0.3) is 0 Å². The van der Waals surface area contributed by atoms with Crippen LogP contribution in [0.2, 0.25) is 0 Å². The van der Waals surface area contributed by atoms with E-state index in [1.165, 1.54) is 6.21 Å². The number of unbranched alkanes of at least 4 members (excludes halogenated alkanes) is 4. The molecule has 0 aliphatic heterocycles. The molecule has 0 N–H and O–H groups in total. The van der Waals surface area contributed by atoms with Crippen molar-refractivity contribution in [3.8, 4) is 0 Å². The van der Waals surface area contributed by atoms with Crippen LogP contribution >= 0.6 is 0 Å². The predicted molar refractivity (Wildman–Crippen MR) is 81.9 cm³/mol. The van der Waals surface area contributed by atoms with Crippen molar-refractivity contribution in [1.29, 1.82) is 0 Å². The highest BCUT2D eigenvalue weighted by atomic mass is 16.6. The van der Waals surface area contributed by atoms with Gasteiger partial charge in [0.05, 0.1) is 0 Å². The Morgan fingerprint density at radius 3 is 2.30 bits per heavy atom. The average Bonchev–Trinajstić information content (AvgIpc) is 2.45. The minimum absolute atomic E-state index is 0.0771. The molecule has 1 atom stereocenters. The zero-order chi connectivity index (χ0) is 15.2. The topological polar surface area (TPSA) is 55.7 Å². The van der Waals surface area contributed by atoms with Crippen molar-refractivity contribution in [3.05, 3.63) is 0 Å². The Morgan fingerprint density at radius 1 is 1.10 bits per heavy atom. The largest absolute Gasteiger partial charge is 0.388 e. The summed E-state index contributed by atoms with van der Waals surface area (Å²) < 4.78 is 0. The van der Waals surface area contributed by atoms with E-state index in [0.717, 1.165) is 38.5 Å². The lowest BCUT2D eigenvalue weighted by Crippen LogP contribution is -2.09. The molecule has 0 radical (unpaired) electrons. The fourth-order valence-electron chi connectivity index (χ4n) is 1.88. The third kappa shape index (κ3) is 10.7. The van der Waals surface area contributed by atoms with Crippen LogP contribution in [0.15, 0.2) is 5.16 Å². The number of carbonyl (C=O) groups excluding carboxylic acids is 2. The Labute approximate surface area is 122 Å². The number of nitrogens with zero attached hydrogens (tertiary/aromatic N) is 1. The Balaban J connectivity index is 3.36. The van der Waals surface area contributed by atoms with Crippen LogP contribution in [0.1, 0.15) is 72.1 Å². The molecule has 116 valence electrons. The van der Waals surface area contributed by atoms with Gasteiger partial charge >= 0.3 is 0 Å². The molecule has 0 aromatic carbocycles. The maximum absolute atomic E-state index is 11.6. The average molecular weight is 283 g/mol. The third-order valence-corrected chi connectivity index (χ3v) is 3.45. The first-order valence-corrected chi connectivity index (χ1v) is 7.76. The molecule has 0 aromatic heterocycles. The summed E-state index contributed by atoms with van der Waals surface area (Å²) in [6.45, 7) is 5.87. The fourth-order valence-corrected chi connectivity index (χ4v) is 1.88. The molecule has 0 heterocycles. The normalized spacial score (nSPS) is 12.6. The lowest BCUT2D eigenvalue weighted by molar-refractivity contribution is -0.123. The molecule has 1 unspecified atom stereocenters. The van der Waals surface area contributed by atoms with Gasteiger partial charge in [0.1, 0.15) is 5.78 Å². The molecule has 0 aromatic rings. The van der Waals surface area contributed by atoms with Crippen LogP contribution < -0.4 is 0 Å². The van der Waals surface area contributed by atoms with Gasteiger partial charge in [0.2, 0.25) is 0 Å². The van der Waals surface area contributed by atoms with Crippen molar-refractivity contribution < 1.29 is 14.4 Å². The van der Waals surface area contributed by atoms with Crippen LogP contribution in [0.3, 0.4) is 0 Å². The van der Waals surface area contributed by atoms with Gasteiger partial charge in [-0.05, 0) is 26.2 Å². The molecule has 0 saturated heterocycles. The van der Waals surface area contributed by atoms with Crippen molar-refractivity contribution in [3.63, 3.8) is 0 Å². The monoisotopic (exact) mass is 283 g/mol. The van der Waals surface area contributed by atoms with Crippen LogP contribution in [-0.2, 0) is 14.4 Å². The van der Waals surface area contributed by atoms with Gasteiger partial charge in [0, 0.05) is 25.0 Å². The van der Waals surface area contributed by atoms with Gasteiger partial charge in [-0.25, -0.2) is 0 Å². The van der Waals surface area contributed by atoms with Crippen LogP contribution in [0.5, 0.6) is 0 Å². The third-order valence-electron chi connectivity index (χ3n) is 3.45. The van der Waals surface area contributed by atoms with E-state index < -0.39 is 0 Å². The first kappa shape index (κ1) is 18.8. The number of oxime groups is 1. The number of ketones is 2. The molecule has 0 rings (SSSR count). The fraction of sp³-hybridized carbons (Fsp3) is 0.812. The molecule has 0 aliphatic carbocycles. The summed E-state index contributed by atoms with van der Waals surface area (Å²) in [7, 11) is 0. The molecule has 4 nitrogen and oxygen atoms in total. The standard InChI is InChI=1S/C16H29NO3/c1-4-14(3)16(19)12-10-8-6-7-9-11-15(18)13-20-17-5-2/h5,14H,4,6-13H2,1-3H3/b17-5+. The summed E-state index contributed by atoms with van der Waals surface area (Å²) in [4.78, 5) is 27.7. The van der Waals surface area contributed by atoms with E-state index in [-0.39, 0.29) is 18.3 Å². The second-order valence-electron chi connectivity index (χ2n) is 5.22. The minimum atomic E-state index is 0.0771. The van der Waals surface area contributed by atoms with Crippen LogP contribution in [0, 0.1) is 5.92 Å². The second-order valence-corrected chi connectivity index (χ2v) is 5.22. The van der Waals surface area contributed by atoms with Gasteiger partial charge < -0.3 is 4.84 Å². The van der Waals surface area contributed by atoms with Crippen molar-refractivity contribution in [2.45, 2.75) is 72.1 Å². The molecule has 4 heteroatoms. The molecule has 0 fully saturated rings. The molecular formula is C16H29NO3. The lowest BCUT2D eigenvalue weighted by Gasteiger charge is -2.06. The summed E-state index contributed by atoms with van der Waals surface area (Å²) in [5.41, 5.74) is 0. The highest BCUT2D eigenvalue weighted by Gasteiger charge is 2.09. The molecule has 0 amide bonds. The number of Topliss-reactive ketones (excluding diaryl/α,β-unsaturated/α-hetero) is 2. The van der Waals surface area contributed by atoms with Crippen LogP contribution in [-0.4, -0.2) is 24.4 Å². The smallest absolute Gasteiger partial charge is 0.175 e. The molecular weight excluding hydrogens is 254 g/mol. The van der Waals surface area contributed by atoms with Gasteiger partial charge in [-0.2, -0.15) is 0 Å². The molecule has 20 heavy (non-hydrogen) atoms. The van der Waals surface area contributed by atoms with E-state index in [4.69, 9.17) is 4.84 Å². The lowest BCUT2D eigenvalue weighted by atomic mass is 9.98. The zero-order valence-corrected chi connectivity index (χ0v) is 13.2. The molecule has 0 bridgehead atoms. The van der Waals surface area contributed by atoms with Gasteiger partial charge in [-0.1, -0.05) is 38.3 Å². The van der Waals surface area contributed by atoms with Gasteiger partial charge in [0.25, 0.3) is 0 Å². The summed E-state index contributed by atoms with van der Waals surface area (Å²) in [6, 6.07) is 0. The van der Waals surface area contributed by atoms with E-state index >= 15 is 0 Å². The zero-order valence-electron chi connectivity index (χ0n) is 13.2. The molecule has 0 saturated carbocycles. The predicted octanol–water partition coefficient (Wildman–Crippen LogP) is 3.92. The van der Waals surface area contributed by atoms with Gasteiger partial charge in [0.15, 0.2) is 12.4 Å². The van der Waals surface area contributed by atoms with E-state index in [0.29, 0.717) is 18.6 Å². The molecule has 0 spiro atoms. The van der Waals surface area contributed by atoms with Crippen LogP contribution in [0.4, 0.5) is 0 Å². The second kappa shape index (κ2) is 12.8. The van der Waals surface area contributed by atoms with Crippen molar-refractivity contribution in [2.24, 2.45) is 11.1 Å². The van der Waals surface area contributed by atoms with Crippen molar-refractivity contribution in [2.75, 3.05) is 6.61 Å². The summed E-state index contributed by atoms with van der Waals surface area (Å²) in [6.07, 6.45) is 8.81. The minimum Gasteiger partial charge on any atom is -0.388 e. The number of carbonyl (C=O) groups is 2. The van der Waals surface area contributed by atoms with Gasteiger partial charge in [-0.15, -0.1) is 0 Å². The SMILES string of the molecule is C/C=N/OCC(=O)CCCCCCCC(=O)C(C)CC. The van der Waals surface area contributed by atoms with E-state index in [1.54, 1.807) is 6.92 Å². The highest BCUT2D eigenvalue weighted by molar-refractivity contribution is 5.80. The summed E-state index contributed by atoms with van der Waals surface area (Å²) in [5, 5.41) is 3.54. The maximum atomic E-state index is 11.6. The molecule has 0 aliphatic rings. The quantitative estimate of drug-likeness (QED) is 0.292. The Bertz CT molecular complexity index is 300. The van der Waals surface area contributed by atoms with E-state index in [1.807, 2.05) is 6.92 Å². The number of rotatable bonds is 13. The Hall–Kier alpha value is -1.19. The first-order valence-electron chi connectivity index (χ1n) is 7.76. The number of hydrogen-bond acceptors (Lipinski definition) is 4. The van der Waals surface area contributed by atoms with Crippen molar-refractivity contribution in [1.82, 2.24) is 0 Å². The summed E-state index contributed by atoms with van der Waals surface area (Å²) >= 11 is 0. The maximum Gasteiger partial charge on any atom is 0.175 e. The Kier molecular flexibility index (Phi) is 12.1. The van der Waals surface area contributed by atoms with Crippen molar-refractivity contribution >= 4 is 17.8 Å². The highest BCUT2D eigenvalue weighted by Crippen LogP contribution is 2.11.